The lowest BCUT2D eigenvalue weighted by molar-refractivity contribution is -0.167. The minimum absolute atomic E-state index is 0.0628. The van der Waals surface area contributed by atoms with Crippen molar-refractivity contribution in [2.24, 2.45) is 0 Å². The van der Waals surface area contributed by atoms with Crippen LogP contribution >= 0.6 is 0 Å². The normalized spacial score (nSPS) is 11.8. The first kappa shape index (κ1) is 52.4. The Morgan fingerprint density at radius 2 is 0.500 bits per heavy atom. The molecular formula is C48H92O6. The zero-order chi connectivity index (χ0) is 39.4. The molecule has 0 unspecified atom stereocenters. The van der Waals surface area contributed by atoms with Crippen LogP contribution in [0.15, 0.2) is 0 Å². The third-order valence-electron chi connectivity index (χ3n) is 10.9. The fourth-order valence-corrected chi connectivity index (χ4v) is 7.21. The number of carbonyl (C=O) groups excluding carboxylic acids is 3. The molecule has 0 spiro atoms. The zero-order valence-electron chi connectivity index (χ0n) is 36.5. The Hall–Kier alpha value is -1.59. The van der Waals surface area contributed by atoms with Crippen LogP contribution < -0.4 is 0 Å². The van der Waals surface area contributed by atoms with Gasteiger partial charge >= 0.3 is 17.9 Å². The molecule has 6 heteroatoms. The molecule has 6 nitrogen and oxygen atoms in total. The van der Waals surface area contributed by atoms with Gasteiger partial charge in [0.15, 0.2) is 6.10 Å². The topological polar surface area (TPSA) is 78.9 Å². The van der Waals surface area contributed by atoms with Crippen molar-refractivity contribution in [2.45, 2.75) is 277 Å². The summed E-state index contributed by atoms with van der Waals surface area (Å²) >= 11 is 0. The van der Waals surface area contributed by atoms with E-state index in [9.17, 15) is 14.4 Å². The first-order chi connectivity index (χ1) is 26.5. The fraction of sp³-hybridized carbons (Fsp3) is 0.938. The summed E-state index contributed by atoms with van der Waals surface area (Å²) in [6.07, 6.45) is 45.2. The summed E-state index contributed by atoms with van der Waals surface area (Å²) in [5.74, 6) is -0.852. The molecule has 0 amide bonds. The minimum atomic E-state index is -0.757. The molecule has 0 saturated heterocycles. The number of carbonyl (C=O) groups is 3. The van der Waals surface area contributed by atoms with Crippen LogP contribution in [0.5, 0.6) is 0 Å². The summed E-state index contributed by atoms with van der Waals surface area (Å²) in [5.41, 5.74) is 0. The maximum Gasteiger partial charge on any atom is 0.306 e. The van der Waals surface area contributed by atoms with Crippen LogP contribution in [0.4, 0.5) is 0 Å². The van der Waals surface area contributed by atoms with Crippen LogP contribution in [-0.2, 0) is 28.6 Å². The highest BCUT2D eigenvalue weighted by molar-refractivity contribution is 5.71. The molecule has 0 N–H and O–H groups in total. The van der Waals surface area contributed by atoms with Gasteiger partial charge in [0.1, 0.15) is 13.2 Å². The lowest BCUT2D eigenvalue weighted by Crippen LogP contribution is -2.30. The molecule has 0 fully saturated rings. The quantitative estimate of drug-likeness (QED) is 0.0349. The van der Waals surface area contributed by atoms with E-state index in [1.807, 2.05) is 0 Å². The molecule has 0 saturated carbocycles. The maximum absolute atomic E-state index is 12.7. The first-order valence-corrected chi connectivity index (χ1v) is 24.0. The van der Waals surface area contributed by atoms with Gasteiger partial charge < -0.3 is 14.2 Å². The molecule has 320 valence electrons. The molecule has 0 aliphatic carbocycles. The van der Waals surface area contributed by atoms with Crippen LogP contribution in [0.2, 0.25) is 0 Å². The molecule has 0 rings (SSSR count). The molecule has 0 aromatic carbocycles. The molecule has 0 aromatic heterocycles. The summed E-state index contributed by atoms with van der Waals surface area (Å²) in [4.78, 5) is 37.7. The molecule has 0 aliphatic rings. The summed E-state index contributed by atoms with van der Waals surface area (Å²) in [6, 6.07) is 0. The minimum Gasteiger partial charge on any atom is -0.462 e. The number of hydrogen-bond donors (Lipinski definition) is 0. The van der Waals surface area contributed by atoms with E-state index < -0.39 is 6.10 Å². The smallest absolute Gasteiger partial charge is 0.306 e. The van der Waals surface area contributed by atoms with Gasteiger partial charge in [-0.15, -0.1) is 0 Å². The third kappa shape index (κ3) is 41.6. The number of hydrogen-bond acceptors (Lipinski definition) is 6. The number of ether oxygens (including phenoxy) is 3. The van der Waals surface area contributed by atoms with E-state index in [2.05, 4.69) is 20.8 Å². The van der Waals surface area contributed by atoms with Gasteiger partial charge in [0.05, 0.1) is 0 Å². The average Bonchev–Trinajstić information content (AvgIpc) is 3.17. The van der Waals surface area contributed by atoms with E-state index in [-0.39, 0.29) is 31.1 Å². The lowest BCUT2D eigenvalue weighted by Gasteiger charge is -2.18. The molecule has 0 aliphatic heterocycles. The van der Waals surface area contributed by atoms with Gasteiger partial charge in [0, 0.05) is 19.3 Å². The van der Waals surface area contributed by atoms with Crippen molar-refractivity contribution in [1.29, 1.82) is 0 Å². The van der Waals surface area contributed by atoms with Crippen LogP contribution in [-0.4, -0.2) is 37.2 Å². The van der Waals surface area contributed by atoms with Gasteiger partial charge in [0.2, 0.25) is 0 Å². The van der Waals surface area contributed by atoms with E-state index in [1.165, 1.54) is 173 Å². The van der Waals surface area contributed by atoms with E-state index in [4.69, 9.17) is 14.2 Å². The molecule has 0 radical (unpaired) electrons. The molecule has 54 heavy (non-hydrogen) atoms. The second kappa shape index (κ2) is 44.1. The summed E-state index contributed by atoms with van der Waals surface area (Å²) < 4.78 is 16.7. The van der Waals surface area contributed by atoms with Crippen LogP contribution in [0.25, 0.3) is 0 Å². The highest BCUT2D eigenvalue weighted by Crippen LogP contribution is 2.16. The maximum atomic E-state index is 12.7. The second-order valence-corrected chi connectivity index (χ2v) is 16.4. The molecule has 0 aromatic rings. The van der Waals surface area contributed by atoms with Crippen molar-refractivity contribution in [3.05, 3.63) is 0 Å². The van der Waals surface area contributed by atoms with Gasteiger partial charge in [-0.1, -0.05) is 233 Å². The second-order valence-electron chi connectivity index (χ2n) is 16.4. The molecular weight excluding hydrogens is 673 g/mol. The van der Waals surface area contributed by atoms with Crippen molar-refractivity contribution in [2.75, 3.05) is 13.2 Å². The largest absolute Gasteiger partial charge is 0.462 e. The summed E-state index contributed by atoms with van der Waals surface area (Å²) in [6.45, 7) is 6.64. The third-order valence-corrected chi connectivity index (χ3v) is 10.9. The Morgan fingerprint density at radius 1 is 0.296 bits per heavy atom. The van der Waals surface area contributed by atoms with Crippen LogP contribution in [0, 0.1) is 0 Å². The predicted octanol–water partition coefficient (Wildman–Crippen LogP) is 15.3. The molecule has 0 bridgehead atoms. The van der Waals surface area contributed by atoms with Gasteiger partial charge in [-0.3, -0.25) is 14.4 Å². The van der Waals surface area contributed by atoms with Gasteiger partial charge in [-0.05, 0) is 19.3 Å². The Balaban J connectivity index is 4.25. The van der Waals surface area contributed by atoms with Crippen molar-refractivity contribution in [1.82, 2.24) is 0 Å². The van der Waals surface area contributed by atoms with Crippen molar-refractivity contribution in [3.8, 4) is 0 Å². The highest BCUT2D eigenvalue weighted by atomic mass is 16.6. The van der Waals surface area contributed by atoms with Crippen molar-refractivity contribution < 1.29 is 28.6 Å². The Kier molecular flexibility index (Phi) is 42.8. The number of rotatable bonds is 44. The fourth-order valence-electron chi connectivity index (χ4n) is 7.21. The van der Waals surface area contributed by atoms with Crippen molar-refractivity contribution in [3.63, 3.8) is 0 Å². The standard InChI is InChI=1S/C48H92O6/c1-4-7-10-13-16-19-21-22-23-24-25-26-27-30-33-36-39-42-48(51)54-45(43-52-46(49)40-37-34-31-28-18-15-12-9-6-3)44-53-47(50)41-38-35-32-29-20-17-14-11-8-5-2/h45H,4-44H2,1-3H3/t45-/m0/s1. The lowest BCUT2D eigenvalue weighted by atomic mass is 10.0. The van der Waals surface area contributed by atoms with Crippen LogP contribution in [0.3, 0.4) is 0 Å². The monoisotopic (exact) mass is 765 g/mol. The Labute approximate surface area is 336 Å². The van der Waals surface area contributed by atoms with Gasteiger partial charge in [-0.2, -0.15) is 0 Å². The summed E-state index contributed by atoms with van der Waals surface area (Å²) in [7, 11) is 0. The molecule has 1 atom stereocenters. The number of unbranched alkanes of at least 4 members (excludes halogenated alkanes) is 33. The number of esters is 3. The average molecular weight is 765 g/mol. The SMILES string of the molecule is CCCCCCCCCCCCCCCCCCCC(=O)O[C@@H](COC(=O)CCCCCCCCCCC)COC(=O)CCCCCCCCCCCC. The van der Waals surface area contributed by atoms with E-state index >= 15 is 0 Å². The van der Waals surface area contributed by atoms with E-state index in [0.29, 0.717) is 19.3 Å². The Morgan fingerprint density at radius 3 is 0.741 bits per heavy atom. The highest BCUT2D eigenvalue weighted by Gasteiger charge is 2.19. The van der Waals surface area contributed by atoms with Gasteiger partial charge in [-0.25, -0.2) is 0 Å². The van der Waals surface area contributed by atoms with Gasteiger partial charge in [0.25, 0.3) is 0 Å². The van der Waals surface area contributed by atoms with E-state index in [0.717, 1.165) is 57.8 Å². The predicted molar refractivity (Wildman–Crippen MR) is 229 cm³/mol. The van der Waals surface area contributed by atoms with Crippen molar-refractivity contribution >= 4 is 17.9 Å². The molecule has 0 heterocycles. The zero-order valence-corrected chi connectivity index (χ0v) is 36.5. The van der Waals surface area contributed by atoms with Crippen LogP contribution in [0.1, 0.15) is 271 Å². The summed E-state index contributed by atoms with van der Waals surface area (Å²) in [5, 5.41) is 0. The first-order valence-electron chi connectivity index (χ1n) is 24.0. The Bertz CT molecular complexity index is 798. The van der Waals surface area contributed by atoms with E-state index in [1.54, 1.807) is 0 Å².